The summed E-state index contributed by atoms with van der Waals surface area (Å²) in [7, 11) is 0. The summed E-state index contributed by atoms with van der Waals surface area (Å²) >= 11 is 1.47. The number of carbonyl (C=O) groups excluding carboxylic acids is 1. The van der Waals surface area contributed by atoms with Crippen molar-refractivity contribution >= 4 is 38.3 Å². The predicted molar refractivity (Wildman–Crippen MR) is 124 cm³/mol. The zero-order chi connectivity index (χ0) is 21.8. The predicted octanol–water partition coefficient (Wildman–Crippen LogP) is 6.04. The van der Waals surface area contributed by atoms with Gasteiger partial charge >= 0.3 is 0 Å². The van der Waals surface area contributed by atoms with Crippen molar-refractivity contribution in [2.75, 3.05) is 11.5 Å². The third-order valence-corrected chi connectivity index (χ3v) is 5.91. The number of benzene rings is 3. The van der Waals surface area contributed by atoms with Crippen LogP contribution in [-0.2, 0) is 4.79 Å². The Bertz CT molecular complexity index is 1210. The molecular weight excluding hydrogens is 406 g/mol. The number of para-hydroxylation sites is 1. The maximum atomic E-state index is 13.3. The van der Waals surface area contributed by atoms with Gasteiger partial charge in [0.15, 0.2) is 11.7 Å². The third kappa shape index (κ3) is 4.57. The van der Waals surface area contributed by atoms with E-state index in [1.807, 2.05) is 48.5 Å². The van der Waals surface area contributed by atoms with Gasteiger partial charge in [-0.15, -0.1) is 0 Å². The number of hydrogen-bond donors (Lipinski definition) is 0. The number of nitriles is 1. The molecule has 0 aliphatic carbocycles. The lowest BCUT2D eigenvalue weighted by atomic mass is 10.0. The highest BCUT2D eigenvalue weighted by Crippen LogP contribution is 2.34. The molecule has 4 aromatic rings. The number of thiazole rings is 1. The molecule has 0 spiro atoms. The average molecular weight is 428 g/mol. The van der Waals surface area contributed by atoms with Gasteiger partial charge in [0.25, 0.3) is 5.91 Å². The van der Waals surface area contributed by atoms with Crippen LogP contribution >= 0.6 is 11.3 Å². The molecule has 6 heteroatoms. The summed E-state index contributed by atoms with van der Waals surface area (Å²) in [4.78, 5) is 19.5. The highest BCUT2D eigenvalue weighted by Gasteiger charge is 2.22. The number of ether oxygens (including phenoxy) is 1. The Morgan fingerprint density at radius 1 is 1.06 bits per heavy atom. The molecule has 1 aromatic heterocycles. The Labute approximate surface area is 185 Å². The molecule has 0 N–H and O–H groups in total. The second kappa shape index (κ2) is 8.99. The molecule has 0 radical (unpaired) electrons. The number of hydrogen-bond acceptors (Lipinski definition) is 5. The molecule has 0 atom stereocenters. The van der Waals surface area contributed by atoms with Crippen molar-refractivity contribution in [3.8, 4) is 11.8 Å². The van der Waals surface area contributed by atoms with Crippen molar-refractivity contribution < 1.29 is 9.53 Å². The normalized spacial score (nSPS) is 10.8. The number of anilines is 2. The molecule has 4 rings (SSSR count). The van der Waals surface area contributed by atoms with Crippen molar-refractivity contribution in [3.63, 3.8) is 0 Å². The number of amides is 1. The van der Waals surface area contributed by atoms with Crippen LogP contribution < -0.4 is 9.64 Å². The van der Waals surface area contributed by atoms with Crippen molar-refractivity contribution in [1.29, 1.82) is 5.26 Å². The van der Waals surface area contributed by atoms with E-state index in [4.69, 9.17) is 10.00 Å². The Balaban J connectivity index is 1.63. The summed E-state index contributed by atoms with van der Waals surface area (Å²) in [5.74, 6) is 0.716. The van der Waals surface area contributed by atoms with Gasteiger partial charge in [0.2, 0.25) is 0 Å². The van der Waals surface area contributed by atoms with E-state index in [2.05, 4.69) is 24.9 Å². The van der Waals surface area contributed by atoms with Crippen molar-refractivity contribution in [3.05, 3.63) is 83.9 Å². The van der Waals surface area contributed by atoms with Crippen LogP contribution in [-0.4, -0.2) is 17.5 Å². The summed E-state index contributed by atoms with van der Waals surface area (Å²) in [5, 5.41) is 9.53. The number of carbonyl (C=O) groups is 1. The quantitative estimate of drug-likeness (QED) is 0.376. The number of aromatic nitrogens is 1. The second-order valence-electron chi connectivity index (χ2n) is 7.36. The lowest BCUT2D eigenvalue weighted by molar-refractivity contribution is -0.119. The summed E-state index contributed by atoms with van der Waals surface area (Å²) < 4.78 is 6.72. The molecule has 1 amide bonds. The van der Waals surface area contributed by atoms with Gasteiger partial charge in [-0.05, 0) is 60.0 Å². The lowest BCUT2D eigenvalue weighted by Gasteiger charge is -2.21. The van der Waals surface area contributed by atoms with E-state index in [9.17, 15) is 4.79 Å². The largest absolute Gasteiger partial charge is 0.484 e. The van der Waals surface area contributed by atoms with E-state index in [-0.39, 0.29) is 12.5 Å². The Hall–Kier alpha value is -3.69. The first-order chi connectivity index (χ1) is 15.0. The molecule has 5 nitrogen and oxygen atoms in total. The van der Waals surface area contributed by atoms with Gasteiger partial charge in [-0.1, -0.05) is 49.4 Å². The van der Waals surface area contributed by atoms with E-state index in [1.54, 1.807) is 29.2 Å². The minimum Gasteiger partial charge on any atom is -0.484 e. The van der Waals surface area contributed by atoms with Crippen LogP contribution in [0.15, 0.2) is 72.8 Å². The van der Waals surface area contributed by atoms with Gasteiger partial charge in [0.05, 0.1) is 27.5 Å². The Morgan fingerprint density at radius 3 is 2.42 bits per heavy atom. The first-order valence-corrected chi connectivity index (χ1v) is 10.8. The zero-order valence-corrected chi connectivity index (χ0v) is 18.1. The monoisotopic (exact) mass is 427 g/mol. The fraction of sp³-hybridized carbons (Fsp3) is 0.160. The van der Waals surface area contributed by atoms with Crippen LogP contribution in [0.25, 0.3) is 10.2 Å². The topological polar surface area (TPSA) is 66.2 Å². The second-order valence-corrected chi connectivity index (χ2v) is 8.37. The van der Waals surface area contributed by atoms with Crippen molar-refractivity contribution in [2.45, 2.75) is 19.8 Å². The van der Waals surface area contributed by atoms with Gasteiger partial charge in [-0.25, -0.2) is 4.98 Å². The lowest BCUT2D eigenvalue weighted by Crippen LogP contribution is -2.30. The van der Waals surface area contributed by atoms with Crippen LogP contribution in [0.3, 0.4) is 0 Å². The highest BCUT2D eigenvalue weighted by atomic mass is 32.1. The average Bonchev–Trinajstić information content (AvgIpc) is 3.22. The molecular formula is C25H21N3O2S. The van der Waals surface area contributed by atoms with E-state index in [0.29, 0.717) is 22.4 Å². The Kier molecular flexibility index (Phi) is 5.96. The molecule has 0 unspecified atom stereocenters. The molecule has 0 aliphatic rings. The van der Waals surface area contributed by atoms with Crippen molar-refractivity contribution in [2.24, 2.45) is 0 Å². The molecule has 0 saturated heterocycles. The fourth-order valence-electron chi connectivity index (χ4n) is 3.16. The van der Waals surface area contributed by atoms with Gasteiger partial charge in [0.1, 0.15) is 5.75 Å². The van der Waals surface area contributed by atoms with Crippen LogP contribution in [0.4, 0.5) is 10.8 Å². The molecule has 0 saturated carbocycles. The minimum absolute atomic E-state index is 0.145. The summed E-state index contributed by atoms with van der Waals surface area (Å²) in [6, 6.07) is 24.6. The summed E-state index contributed by atoms with van der Waals surface area (Å²) in [6.45, 7) is 4.13. The third-order valence-electron chi connectivity index (χ3n) is 4.89. The fourth-order valence-corrected chi connectivity index (χ4v) is 4.16. The standard InChI is InChI=1S/C25H21N3O2S/c1-17(2)19-9-11-20(12-10-19)28(25-27-22-5-3-4-6-23(22)31-25)24(29)16-30-21-13-7-18(15-26)8-14-21/h3-14,17H,16H2,1-2H3. The maximum Gasteiger partial charge on any atom is 0.271 e. The summed E-state index contributed by atoms with van der Waals surface area (Å²) in [6.07, 6.45) is 0. The molecule has 3 aromatic carbocycles. The van der Waals surface area contributed by atoms with Gasteiger partial charge < -0.3 is 4.74 Å². The Morgan fingerprint density at radius 2 is 1.77 bits per heavy atom. The molecule has 0 fully saturated rings. The van der Waals surface area contributed by atoms with E-state index < -0.39 is 0 Å². The first-order valence-electron chi connectivity index (χ1n) is 9.96. The van der Waals surface area contributed by atoms with Crippen LogP contribution in [0.2, 0.25) is 0 Å². The summed E-state index contributed by atoms with van der Waals surface area (Å²) in [5.41, 5.74) is 3.35. The maximum absolute atomic E-state index is 13.3. The zero-order valence-electron chi connectivity index (χ0n) is 17.3. The number of nitrogens with zero attached hydrogens (tertiary/aromatic N) is 3. The van der Waals surface area contributed by atoms with Crippen molar-refractivity contribution in [1.82, 2.24) is 4.98 Å². The molecule has 0 aliphatic heterocycles. The van der Waals surface area contributed by atoms with Gasteiger partial charge in [0, 0.05) is 0 Å². The van der Waals surface area contributed by atoms with E-state index in [1.165, 1.54) is 16.9 Å². The highest BCUT2D eigenvalue weighted by molar-refractivity contribution is 7.22. The minimum atomic E-state index is -0.222. The van der Waals surface area contributed by atoms with Crippen LogP contribution in [0.1, 0.15) is 30.9 Å². The van der Waals surface area contributed by atoms with E-state index >= 15 is 0 Å². The molecule has 1 heterocycles. The number of rotatable bonds is 6. The first kappa shape index (κ1) is 20.6. The van der Waals surface area contributed by atoms with Gasteiger partial charge in [-0.3, -0.25) is 9.69 Å². The molecule has 154 valence electrons. The molecule has 0 bridgehead atoms. The van der Waals surface area contributed by atoms with Crippen LogP contribution in [0.5, 0.6) is 5.75 Å². The van der Waals surface area contributed by atoms with Gasteiger partial charge in [-0.2, -0.15) is 5.26 Å². The molecule has 31 heavy (non-hydrogen) atoms. The SMILES string of the molecule is CC(C)c1ccc(N(C(=O)COc2ccc(C#N)cc2)c2nc3ccccc3s2)cc1. The smallest absolute Gasteiger partial charge is 0.271 e. The van der Waals surface area contributed by atoms with Crippen LogP contribution in [0, 0.1) is 11.3 Å². The number of fused-ring (bicyclic) bond motifs is 1. The van der Waals surface area contributed by atoms with E-state index in [0.717, 1.165) is 15.9 Å².